The number of nitrogens with zero attached hydrogens (tertiary/aromatic N) is 1. The third-order valence-corrected chi connectivity index (χ3v) is 5.66. The summed E-state index contributed by atoms with van der Waals surface area (Å²) in [5.41, 5.74) is 2.38. The van der Waals surface area contributed by atoms with Crippen LogP contribution < -0.4 is 19.5 Å². The van der Waals surface area contributed by atoms with Crippen molar-refractivity contribution in [2.75, 3.05) is 0 Å². The molecule has 168 valence electrons. The van der Waals surface area contributed by atoms with Gasteiger partial charge in [-0.05, 0) is 51.0 Å². The summed E-state index contributed by atoms with van der Waals surface area (Å²) in [6.45, 7) is 7.17. The molecule has 1 aromatic heterocycles. The van der Waals surface area contributed by atoms with Crippen molar-refractivity contribution in [3.8, 4) is 22.6 Å². The van der Waals surface area contributed by atoms with Gasteiger partial charge in [0, 0.05) is 10.3 Å². The summed E-state index contributed by atoms with van der Waals surface area (Å²) < 4.78 is 34.0. The Balaban J connectivity index is 1.91. The zero-order valence-electron chi connectivity index (χ0n) is 18.3. The highest BCUT2D eigenvalue weighted by atomic mass is 32.2. The Bertz CT molecular complexity index is 1230. The first-order valence-corrected chi connectivity index (χ1v) is 11.4. The molecular weight excluding hydrogens is 430 g/mol. The van der Waals surface area contributed by atoms with E-state index in [1.54, 1.807) is 39.0 Å². The van der Waals surface area contributed by atoms with Crippen LogP contribution in [0.15, 0.2) is 71.9 Å². The molecule has 0 saturated heterocycles. The number of sulfonamides is 1. The first-order valence-electron chi connectivity index (χ1n) is 9.87. The number of rotatable bonds is 5. The van der Waals surface area contributed by atoms with E-state index in [0.29, 0.717) is 10.5 Å². The van der Waals surface area contributed by atoms with Crippen molar-refractivity contribution in [3.63, 3.8) is 0 Å². The molecule has 3 aromatic rings. The van der Waals surface area contributed by atoms with Crippen LogP contribution in [0.4, 0.5) is 4.79 Å². The second-order valence-electron chi connectivity index (χ2n) is 8.36. The van der Waals surface area contributed by atoms with Crippen molar-refractivity contribution < 1.29 is 27.9 Å². The topological polar surface area (TPSA) is 109 Å². The number of hydrogen-bond acceptors (Lipinski definition) is 5. The van der Waals surface area contributed by atoms with Gasteiger partial charge in [0.15, 0.2) is 10.6 Å². The smallest absolute Gasteiger partial charge is 0.329 e. The van der Waals surface area contributed by atoms with E-state index in [1.165, 1.54) is 12.3 Å². The number of nitrogens with one attached hydrogen (secondary N) is 2. The molecule has 0 atom stereocenters. The van der Waals surface area contributed by atoms with Gasteiger partial charge in [0.2, 0.25) is 12.4 Å². The van der Waals surface area contributed by atoms with Gasteiger partial charge < -0.3 is 10.1 Å². The quantitative estimate of drug-likeness (QED) is 0.400. The lowest BCUT2D eigenvalue weighted by molar-refractivity contribution is -0.906. The van der Waals surface area contributed by atoms with Crippen molar-refractivity contribution in [3.05, 3.63) is 72.6 Å². The second kappa shape index (κ2) is 8.88. The van der Waals surface area contributed by atoms with Crippen LogP contribution in [0.5, 0.6) is 11.5 Å². The number of hydrogen-bond donors (Lipinski definition) is 3. The Kier molecular flexibility index (Phi) is 6.40. The first kappa shape index (κ1) is 23.1. The molecule has 0 aliphatic rings. The maximum absolute atomic E-state index is 12.8. The summed E-state index contributed by atoms with van der Waals surface area (Å²) in [7, 11) is -4.34. The number of pyridine rings is 1. The fourth-order valence-corrected chi connectivity index (χ4v) is 3.92. The summed E-state index contributed by atoms with van der Waals surface area (Å²) in [6, 6.07) is 15.6. The zero-order valence-corrected chi connectivity index (χ0v) is 19.1. The van der Waals surface area contributed by atoms with E-state index in [2.05, 4.69) is 5.32 Å². The molecule has 0 aliphatic carbocycles. The third-order valence-electron chi connectivity index (χ3n) is 4.32. The minimum atomic E-state index is -4.34. The molecule has 32 heavy (non-hydrogen) atoms. The Labute approximate surface area is 187 Å². The molecule has 9 heteroatoms. The maximum atomic E-state index is 12.8. The molecule has 8 nitrogen and oxygen atoms in total. The van der Waals surface area contributed by atoms with E-state index in [9.17, 15) is 18.4 Å². The van der Waals surface area contributed by atoms with Crippen LogP contribution in [0, 0.1) is 6.92 Å². The molecule has 0 spiro atoms. The van der Waals surface area contributed by atoms with E-state index >= 15 is 0 Å². The zero-order chi connectivity index (χ0) is 23.5. The van der Waals surface area contributed by atoms with Gasteiger partial charge in [-0.3, -0.25) is 5.21 Å². The van der Waals surface area contributed by atoms with Gasteiger partial charge in [-0.2, -0.15) is 0 Å². The predicted octanol–water partition coefficient (Wildman–Crippen LogP) is 3.77. The Morgan fingerprint density at radius 3 is 2.38 bits per heavy atom. The fourth-order valence-electron chi connectivity index (χ4n) is 2.89. The molecule has 0 saturated carbocycles. The highest BCUT2D eigenvalue weighted by Gasteiger charge is 2.28. The molecular formula is C23H26N3O5S+. The largest absolute Gasteiger partial charge is 0.455 e. The Morgan fingerprint density at radius 2 is 1.72 bits per heavy atom. The number of urea groups is 1. The summed E-state index contributed by atoms with van der Waals surface area (Å²) >= 11 is 0. The molecule has 1 heterocycles. The number of benzene rings is 2. The molecule has 0 radical (unpaired) electrons. The maximum Gasteiger partial charge on any atom is 0.329 e. The van der Waals surface area contributed by atoms with Crippen molar-refractivity contribution in [2.24, 2.45) is 0 Å². The van der Waals surface area contributed by atoms with E-state index in [0.717, 1.165) is 22.9 Å². The van der Waals surface area contributed by atoms with E-state index < -0.39 is 26.5 Å². The summed E-state index contributed by atoms with van der Waals surface area (Å²) in [5, 5.41) is 12.3. The third kappa shape index (κ3) is 5.98. The SMILES string of the molecule is Cc1ccc(-c2cccc(Oc3cc[n+](O)cc3S(=O)(=O)NC(=O)NC(C)(C)C)c2)cc1. The molecule has 0 fully saturated rings. The molecule has 0 unspecified atom stereocenters. The van der Waals surface area contributed by atoms with E-state index in [4.69, 9.17) is 4.74 Å². The van der Waals surface area contributed by atoms with Crippen LogP contribution in [0.25, 0.3) is 11.1 Å². The first-order chi connectivity index (χ1) is 14.9. The molecule has 3 N–H and O–H groups in total. The van der Waals surface area contributed by atoms with Gasteiger partial charge in [-0.1, -0.05) is 42.0 Å². The number of aryl methyl sites for hydroxylation is 1. The lowest BCUT2D eigenvalue weighted by Crippen LogP contribution is -2.48. The van der Waals surface area contributed by atoms with E-state index in [-0.39, 0.29) is 5.75 Å². The lowest BCUT2D eigenvalue weighted by Gasteiger charge is -2.20. The van der Waals surface area contributed by atoms with Crippen molar-refractivity contribution in [1.82, 2.24) is 10.0 Å². The molecule has 2 amide bonds. The number of aromatic nitrogens is 1. The minimum Gasteiger partial charge on any atom is -0.455 e. The monoisotopic (exact) mass is 456 g/mol. The van der Waals surface area contributed by atoms with Gasteiger partial charge in [-0.15, -0.1) is 0 Å². The van der Waals surface area contributed by atoms with Crippen LogP contribution in [0.1, 0.15) is 26.3 Å². The highest BCUT2D eigenvalue weighted by Crippen LogP contribution is 2.30. The van der Waals surface area contributed by atoms with Crippen molar-refractivity contribution in [2.45, 2.75) is 38.1 Å². The Morgan fingerprint density at radius 1 is 1.03 bits per heavy atom. The number of carbonyl (C=O) groups excluding carboxylic acids is 1. The van der Waals surface area contributed by atoms with Crippen LogP contribution in [-0.4, -0.2) is 25.2 Å². The standard InChI is InChI=1S/C23H25N3O5S/c1-16-8-10-17(11-9-16)18-6-5-7-19(14-18)31-20-12-13-26(28)15-21(20)32(29,30)25-22(27)24-23(2,3)4/h5-15H,1-4H3,(H2-,24,25,27,28)/p+1. The number of ether oxygens (including phenoxy) is 1. The Hall–Kier alpha value is -3.59. The second-order valence-corrected chi connectivity index (χ2v) is 10.0. The average Bonchev–Trinajstić information content (AvgIpc) is 2.68. The molecule has 0 bridgehead atoms. The van der Waals surface area contributed by atoms with Gasteiger partial charge in [0.1, 0.15) is 5.75 Å². The predicted molar refractivity (Wildman–Crippen MR) is 119 cm³/mol. The van der Waals surface area contributed by atoms with Gasteiger partial charge in [-0.25, -0.2) is 17.9 Å². The van der Waals surface area contributed by atoms with Gasteiger partial charge in [0.25, 0.3) is 10.0 Å². The molecule has 3 rings (SSSR count). The van der Waals surface area contributed by atoms with Crippen LogP contribution in [-0.2, 0) is 10.0 Å². The van der Waals surface area contributed by atoms with Crippen LogP contribution in [0.2, 0.25) is 0 Å². The van der Waals surface area contributed by atoms with Crippen LogP contribution >= 0.6 is 0 Å². The average molecular weight is 457 g/mol. The van der Waals surface area contributed by atoms with Gasteiger partial charge >= 0.3 is 6.03 Å². The number of amides is 2. The summed E-state index contributed by atoms with van der Waals surface area (Å²) in [6.07, 6.45) is 2.18. The van der Waals surface area contributed by atoms with Crippen molar-refractivity contribution >= 4 is 16.1 Å². The number of carbonyl (C=O) groups is 1. The summed E-state index contributed by atoms with van der Waals surface area (Å²) in [5.74, 6) is 0.349. The van der Waals surface area contributed by atoms with Crippen LogP contribution in [0.3, 0.4) is 0 Å². The molecule has 0 aliphatic heterocycles. The minimum absolute atomic E-state index is 0.0487. The molecule has 2 aromatic carbocycles. The van der Waals surface area contributed by atoms with Gasteiger partial charge in [0.05, 0.1) is 6.07 Å². The highest BCUT2D eigenvalue weighted by molar-refractivity contribution is 7.90. The van der Waals surface area contributed by atoms with E-state index in [1.807, 2.05) is 42.0 Å². The normalized spacial score (nSPS) is 11.6. The van der Waals surface area contributed by atoms with Crippen molar-refractivity contribution in [1.29, 1.82) is 0 Å². The summed E-state index contributed by atoms with van der Waals surface area (Å²) in [4.78, 5) is 11.7. The fraction of sp³-hybridized carbons (Fsp3) is 0.217. The lowest BCUT2D eigenvalue weighted by atomic mass is 10.0.